The Morgan fingerprint density at radius 1 is 1.25 bits per heavy atom. The molecule has 3 aromatic rings. The van der Waals surface area contributed by atoms with Crippen LogP contribution in [0.2, 0.25) is 0 Å². The zero-order chi connectivity index (χ0) is 23.6. The molecule has 0 aliphatic rings. The van der Waals surface area contributed by atoms with Gasteiger partial charge in [-0.25, -0.2) is 14.8 Å². The number of nitrogens with zero attached hydrogens (tertiary/aromatic N) is 3. The summed E-state index contributed by atoms with van der Waals surface area (Å²) in [7, 11) is 0. The molecule has 0 aliphatic heterocycles. The molecule has 0 spiro atoms. The number of aryl methyl sites for hydroxylation is 2. The number of carbonyl (C=O) groups excluding carboxylic acids is 1. The van der Waals surface area contributed by atoms with Crippen molar-refractivity contribution in [3.8, 4) is 11.6 Å². The first kappa shape index (κ1) is 22.6. The van der Waals surface area contributed by atoms with Gasteiger partial charge in [0, 0.05) is 10.5 Å². The Morgan fingerprint density at radius 2 is 1.94 bits per heavy atom. The zero-order valence-electron chi connectivity index (χ0n) is 16.7. The molecule has 0 bridgehead atoms. The Bertz CT molecular complexity index is 1390. The second-order valence-electron chi connectivity index (χ2n) is 6.69. The van der Waals surface area contributed by atoms with Crippen molar-refractivity contribution < 1.29 is 14.8 Å². The second kappa shape index (κ2) is 8.98. The van der Waals surface area contributed by atoms with Crippen LogP contribution < -0.4 is 16.7 Å². The lowest BCUT2D eigenvalue weighted by Gasteiger charge is -2.13. The van der Waals surface area contributed by atoms with Crippen LogP contribution in [0.5, 0.6) is 5.88 Å². The third-order valence-corrected chi connectivity index (χ3v) is 5.40. The van der Waals surface area contributed by atoms with Crippen LogP contribution >= 0.6 is 15.9 Å². The van der Waals surface area contributed by atoms with Gasteiger partial charge in [-0.15, -0.1) is 0 Å². The van der Waals surface area contributed by atoms with E-state index in [-0.39, 0.29) is 5.56 Å². The molecule has 1 heterocycles. The van der Waals surface area contributed by atoms with Gasteiger partial charge in [-0.2, -0.15) is 5.10 Å². The lowest BCUT2D eigenvalue weighted by Crippen LogP contribution is -2.32. The minimum Gasteiger partial charge on any atom is -0.493 e. The summed E-state index contributed by atoms with van der Waals surface area (Å²) in [5.74, 6) is -1.58. The topological polar surface area (TPSA) is 160 Å². The summed E-state index contributed by atoms with van der Waals surface area (Å²) >= 11 is 3.39. The van der Waals surface area contributed by atoms with E-state index in [2.05, 4.69) is 31.4 Å². The summed E-state index contributed by atoms with van der Waals surface area (Å²) in [5.41, 5.74) is 0.981. The Hall–Kier alpha value is -4.06. The van der Waals surface area contributed by atoms with Gasteiger partial charge in [0.1, 0.15) is 11.1 Å². The molecule has 32 heavy (non-hydrogen) atoms. The quantitative estimate of drug-likeness (QED) is 0.276. The number of benzene rings is 2. The highest BCUT2D eigenvalue weighted by molar-refractivity contribution is 9.10. The number of aromatic hydroxyl groups is 1. The molecule has 1 amide bonds. The monoisotopic (exact) mass is 501 g/mol. The molecule has 0 saturated heterocycles. The number of amides is 1. The first-order valence-electron chi connectivity index (χ1n) is 9.04. The summed E-state index contributed by atoms with van der Waals surface area (Å²) in [6, 6.07) is 8.66. The van der Waals surface area contributed by atoms with Crippen molar-refractivity contribution in [2.45, 2.75) is 13.8 Å². The fourth-order valence-corrected chi connectivity index (χ4v) is 3.38. The van der Waals surface area contributed by atoms with E-state index in [1.807, 2.05) is 0 Å². The molecule has 12 heteroatoms. The second-order valence-corrected chi connectivity index (χ2v) is 7.55. The van der Waals surface area contributed by atoms with Crippen LogP contribution in [0.15, 0.2) is 55.6 Å². The van der Waals surface area contributed by atoms with Gasteiger partial charge in [-0.3, -0.25) is 24.7 Å². The van der Waals surface area contributed by atoms with Gasteiger partial charge in [-0.1, -0.05) is 28.1 Å². The number of aromatic amines is 1. The average Bonchev–Trinajstić information content (AvgIpc) is 2.73. The first-order chi connectivity index (χ1) is 15.1. The van der Waals surface area contributed by atoms with Crippen LogP contribution in [0, 0.1) is 24.0 Å². The van der Waals surface area contributed by atoms with Crippen LogP contribution in [0.4, 0.5) is 5.69 Å². The number of nitro benzene ring substituents is 1. The van der Waals surface area contributed by atoms with Crippen LogP contribution in [-0.4, -0.2) is 31.7 Å². The van der Waals surface area contributed by atoms with Crippen LogP contribution in [0.3, 0.4) is 0 Å². The molecule has 2 aromatic carbocycles. The minimum atomic E-state index is -0.932. The number of hydrogen-bond acceptors (Lipinski definition) is 7. The Labute approximate surface area is 188 Å². The lowest BCUT2D eigenvalue weighted by atomic mass is 10.1. The molecule has 0 fully saturated rings. The number of carbonyl (C=O) groups is 1. The Balaban J connectivity index is 1.99. The summed E-state index contributed by atoms with van der Waals surface area (Å²) in [4.78, 5) is 49.3. The van der Waals surface area contributed by atoms with Gasteiger partial charge in [0.15, 0.2) is 0 Å². The van der Waals surface area contributed by atoms with Crippen molar-refractivity contribution in [2.24, 2.45) is 5.10 Å². The lowest BCUT2D eigenvalue weighted by molar-refractivity contribution is -0.385. The zero-order valence-corrected chi connectivity index (χ0v) is 18.3. The number of hydrazone groups is 1. The SMILES string of the molecule is Cc1cc(-n2c(O)c(C=NNC(=O)c3ccccc3[N+](=O)[O-])c(=O)[nH]c2=O)c(C)cc1Br. The van der Waals surface area contributed by atoms with Crippen LogP contribution in [-0.2, 0) is 0 Å². The molecule has 0 unspecified atom stereocenters. The fourth-order valence-electron chi connectivity index (χ4n) is 2.93. The van der Waals surface area contributed by atoms with Gasteiger partial charge in [-0.05, 0) is 43.2 Å². The Morgan fingerprint density at radius 3 is 2.62 bits per heavy atom. The molecule has 11 nitrogen and oxygen atoms in total. The molecule has 0 atom stereocenters. The largest absolute Gasteiger partial charge is 0.493 e. The number of para-hydroxylation sites is 1. The summed E-state index contributed by atoms with van der Waals surface area (Å²) in [5, 5.41) is 25.3. The number of nitrogens with one attached hydrogen (secondary N) is 2. The van der Waals surface area contributed by atoms with Crippen LogP contribution in [0.25, 0.3) is 5.69 Å². The van der Waals surface area contributed by atoms with E-state index < -0.39 is 39.2 Å². The van der Waals surface area contributed by atoms with E-state index in [0.29, 0.717) is 11.3 Å². The smallest absolute Gasteiger partial charge is 0.335 e. The molecular weight excluding hydrogens is 486 g/mol. The summed E-state index contributed by atoms with van der Waals surface area (Å²) < 4.78 is 1.71. The predicted molar refractivity (Wildman–Crippen MR) is 120 cm³/mol. The molecule has 0 radical (unpaired) electrons. The van der Waals surface area contributed by atoms with E-state index in [4.69, 9.17) is 0 Å². The molecule has 3 N–H and O–H groups in total. The van der Waals surface area contributed by atoms with E-state index in [9.17, 15) is 29.6 Å². The normalized spacial score (nSPS) is 11.0. The number of H-pyrrole nitrogens is 1. The van der Waals surface area contributed by atoms with Crippen molar-refractivity contribution in [3.63, 3.8) is 0 Å². The summed E-state index contributed by atoms with van der Waals surface area (Å²) in [6.45, 7) is 3.51. The summed E-state index contributed by atoms with van der Waals surface area (Å²) in [6.07, 6.45) is 0.845. The van der Waals surface area contributed by atoms with Crippen molar-refractivity contribution >= 4 is 33.7 Å². The minimum absolute atomic E-state index is 0.237. The molecular formula is C20H16BrN5O6. The molecule has 0 aliphatic carbocycles. The number of halogens is 1. The van der Waals surface area contributed by atoms with Crippen molar-refractivity contribution in [3.05, 3.63) is 94.1 Å². The predicted octanol–water partition coefficient (Wildman–Crippen LogP) is 2.28. The van der Waals surface area contributed by atoms with E-state index in [1.165, 1.54) is 18.2 Å². The van der Waals surface area contributed by atoms with Crippen molar-refractivity contribution in [1.29, 1.82) is 0 Å². The maximum Gasteiger partial charge on any atom is 0.335 e. The number of aromatic nitrogens is 2. The standard InChI is InChI=1S/C20H16BrN5O6/c1-10-8-16(11(2)7-14(10)21)25-19(29)13(17(27)23-20(25)30)9-22-24-18(28)12-5-3-4-6-15(12)26(31)32/h3-9,29H,1-2H3,(H,24,28)(H,23,27,30). The van der Waals surface area contributed by atoms with E-state index >= 15 is 0 Å². The highest BCUT2D eigenvalue weighted by Gasteiger charge is 2.19. The molecule has 164 valence electrons. The first-order valence-corrected chi connectivity index (χ1v) is 9.83. The number of nitro groups is 1. The molecule has 1 aromatic heterocycles. The van der Waals surface area contributed by atoms with Gasteiger partial charge in [0.05, 0.1) is 16.8 Å². The third kappa shape index (κ3) is 4.34. The van der Waals surface area contributed by atoms with Gasteiger partial charge in [0.2, 0.25) is 5.88 Å². The van der Waals surface area contributed by atoms with Crippen LogP contribution in [0.1, 0.15) is 27.0 Å². The Kier molecular flexibility index (Phi) is 6.35. The van der Waals surface area contributed by atoms with Crippen molar-refractivity contribution in [1.82, 2.24) is 15.0 Å². The van der Waals surface area contributed by atoms with Gasteiger partial charge >= 0.3 is 5.69 Å². The highest BCUT2D eigenvalue weighted by Crippen LogP contribution is 2.25. The third-order valence-electron chi connectivity index (χ3n) is 4.54. The van der Waals surface area contributed by atoms with Crippen molar-refractivity contribution in [2.75, 3.05) is 0 Å². The number of hydrogen-bond donors (Lipinski definition) is 3. The number of rotatable bonds is 5. The van der Waals surface area contributed by atoms with E-state index in [0.717, 1.165) is 26.9 Å². The molecule has 0 saturated carbocycles. The van der Waals surface area contributed by atoms with Gasteiger partial charge in [0.25, 0.3) is 17.2 Å². The highest BCUT2D eigenvalue weighted by atomic mass is 79.9. The average molecular weight is 502 g/mol. The van der Waals surface area contributed by atoms with Gasteiger partial charge < -0.3 is 5.11 Å². The molecule has 3 rings (SSSR count). The maximum atomic E-state index is 12.4. The fraction of sp³-hybridized carbons (Fsp3) is 0.100. The maximum absolute atomic E-state index is 12.4. The van der Waals surface area contributed by atoms with E-state index in [1.54, 1.807) is 26.0 Å².